The van der Waals surface area contributed by atoms with Gasteiger partial charge in [-0.1, -0.05) is 19.9 Å². The van der Waals surface area contributed by atoms with E-state index in [0.29, 0.717) is 11.3 Å². The molecule has 11 heavy (non-hydrogen) atoms. The van der Waals surface area contributed by atoms with E-state index in [1.54, 1.807) is 19.1 Å². The highest BCUT2D eigenvalue weighted by Gasteiger charge is 1.93. The van der Waals surface area contributed by atoms with Crippen LogP contribution in [0.5, 0.6) is 0 Å². The summed E-state index contributed by atoms with van der Waals surface area (Å²) in [6.45, 7) is 5.70. The van der Waals surface area contributed by atoms with Crippen LogP contribution in [-0.4, -0.2) is 0 Å². The number of halogens is 1. The average Bonchev–Trinajstić information content (AvgIpc) is 2.02. The van der Waals surface area contributed by atoms with Crippen molar-refractivity contribution in [1.82, 2.24) is 0 Å². The van der Waals surface area contributed by atoms with Crippen molar-refractivity contribution in [2.45, 2.75) is 20.8 Å². The zero-order valence-corrected chi connectivity index (χ0v) is 7.19. The second-order valence-corrected chi connectivity index (χ2v) is 2.01. The fourth-order valence-corrected chi connectivity index (χ4v) is 0.609. The molecule has 1 aromatic carbocycles. The van der Waals surface area contributed by atoms with Crippen LogP contribution < -0.4 is 5.73 Å². The Morgan fingerprint density at radius 3 is 2.27 bits per heavy atom. The van der Waals surface area contributed by atoms with E-state index in [9.17, 15) is 4.39 Å². The SMILES string of the molecule is CC.Cc1ccc(N)cc1F.[HH]. The fraction of sp³-hybridized carbons (Fsp3) is 0.333. The third-order valence-corrected chi connectivity index (χ3v) is 1.20. The van der Waals surface area contributed by atoms with Crippen LogP contribution in [0.15, 0.2) is 18.2 Å². The Labute approximate surface area is 68.5 Å². The van der Waals surface area contributed by atoms with Gasteiger partial charge in [-0.05, 0) is 24.6 Å². The van der Waals surface area contributed by atoms with Crippen LogP contribution in [0.25, 0.3) is 0 Å². The highest BCUT2D eigenvalue weighted by Crippen LogP contribution is 2.09. The molecule has 0 atom stereocenters. The largest absolute Gasteiger partial charge is 0.399 e. The van der Waals surface area contributed by atoms with E-state index in [0.717, 1.165) is 0 Å². The standard InChI is InChI=1S/C7H8FN.C2H6.H2/c1-5-2-3-6(9)4-7(5)8;1-2;/h2-4H,9H2,1H3;1-2H3;1H. The maximum absolute atomic E-state index is 12.5. The lowest BCUT2D eigenvalue weighted by Crippen LogP contribution is -1.87. The molecule has 0 aliphatic carbocycles. The van der Waals surface area contributed by atoms with Gasteiger partial charge in [0.15, 0.2) is 0 Å². The summed E-state index contributed by atoms with van der Waals surface area (Å²) in [5.74, 6) is -0.241. The first-order valence-corrected chi connectivity index (χ1v) is 3.72. The lowest BCUT2D eigenvalue weighted by molar-refractivity contribution is 0.619. The van der Waals surface area contributed by atoms with Gasteiger partial charge in [-0.3, -0.25) is 0 Å². The molecule has 0 unspecified atom stereocenters. The van der Waals surface area contributed by atoms with Crippen LogP contribution in [0.1, 0.15) is 20.8 Å². The number of hydrogen-bond donors (Lipinski definition) is 1. The number of anilines is 1. The third kappa shape index (κ3) is 3.03. The fourth-order valence-electron chi connectivity index (χ4n) is 0.609. The number of aryl methyl sites for hydroxylation is 1. The van der Waals surface area contributed by atoms with Gasteiger partial charge in [0.2, 0.25) is 0 Å². The minimum Gasteiger partial charge on any atom is -0.399 e. The van der Waals surface area contributed by atoms with Crippen molar-refractivity contribution in [2.24, 2.45) is 0 Å². The van der Waals surface area contributed by atoms with Gasteiger partial charge in [-0.2, -0.15) is 0 Å². The summed E-state index contributed by atoms with van der Waals surface area (Å²) in [7, 11) is 0. The zero-order valence-electron chi connectivity index (χ0n) is 7.19. The molecule has 1 rings (SSSR count). The summed E-state index contributed by atoms with van der Waals surface area (Å²) in [6, 6.07) is 4.65. The number of rotatable bonds is 0. The Morgan fingerprint density at radius 2 is 1.91 bits per heavy atom. The van der Waals surface area contributed by atoms with Crippen molar-refractivity contribution < 1.29 is 5.82 Å². The molecule has 2 heteroatoms. The second kappa shape index (κ2) is 4.72. The van der Waals surface area contributed by atoms with Crippen LogP contribution in [0.4, 0.5) is 10.1 Å². The van der Waals surface area contributed by atoms with Crippen LogP contribution in [0.3, 0.4) is 0 Å². The van der Waals surface area contributed by atoms with Gasteiger partial charge in [0.1, 0.15) is 5.82 Å². The van der Waals surface area contributed by atoms with Crippen molar-refractivity contribution in [3.8, 4) is 0 Å². The molecular weight excluding hydrogens is 141 g/mol. The molecular formula is C9H16FN. The first-order chi connectivity index (χ1) is 5.20. The predicted octanol–water partition coefficient (Wildman–Crippen LogP) is 2.99. The van der Waals surface area contributed by atoms with Crippen molar-refractivity contribution in [2.75, 3.05) is 5.73 Å². The molecule has 1 aromatic rings. The molecule has 0 aliphatic heterocycles. The lowest BCUT2D eigenvalue weighted by atomic mass is 10.2. The van der Waals surface area contributed by atoms with E-state index in [1.807, 2.05) is 13.8 Å². The minimum atomic E-state index is -0.241. The molecule has 0 saturated heterocycles. The Morgan fingerprint density at radius 1 is 1.36 bits per heavy atom. The Bertz CT molecular complexity index is 226. The molecule has 0 aliphatic rings. The summed E-state index contributed by atoms with van der Waals surface area (Å²) in [6.07, 6.45) is 0. The van der Waals surface area contributed by atoms with E-state index in [-0.39, 0.29) is 7.24 Å². The van der Waals surface area contributed by atoms with Gasteiger partial charge in [0.05, 0.1) is 0 Å². The van der Waals surface area contributed by atoms with Crippen LogP contribution in [0.2, 0.25) is 0 Å². The van der Waals surface area contributed by atoms with Gasteiger partial charge in [-0.15, -0.1) is 0 Å². The summed E-state index contributed by atoms with van der Waals surface area (Å²) < 4.78 is 12.5. The van der Waals surface area contributed by atoms with E-state index >= 15 is 0 Å². The first kappa shape index (κ1) is 9.95. The second-order valence-electron chi connectivity index (χ2n) is 2.01. The average molecular weight is 157 g/mol. The molecule has 2 N–H and O–H groups in total. The van der Waals surface area contributed by atoms with Crippen LogP contribution in [-0.2, 0) is 0 Å². The maximum atomic E-state index is 12.5. The smallest absolute Gasteiger partial charge is 0.128 e. The third-order valence-electron chi connectivity index (χ3n) is 1.20. The number of benzene rings is 1. The highest BCUT2D eigenvalue weighted by atomic mass is 19.1. The van der Waals surface area contributed by atoms with E-state index in [4.69, 9.17) is 5.73 Å². The first-order valence-electron chi connectivity index (χ1n) is 3.72. The van der Waals surface area contributed by atoms with Gasteiger partial charge < -0.3 is 5.73 Å². The van der Waals surface area contributed by atoms with E-state index in [2.05, 4.69) is 0 Å². The monoisotopic (exact) mass is 157 g/mol. The van der Waals surface area contributed by atoms with Gasteiger partial charge >= 0.3 is 0 Å². The summed E-state index contributed by atoms with van der Waals surface area (Å²) >= 11 is 0. The minimum absolute atomic E-state index is 0. The molecule has 0 heterocycles. The quantitative estimate of drug-likeness (QED) is 0.575. The van der Waals surface area contributed by atoms with Crippen LogP contribution >= 0.6 is 0 Å². The van der Waals surface area contributed by atoms with Gasteiger partial charge in [0, 0.05) is 7.11 Å². The summed E-state index contributed by atoms with van der Waals surface area (Å²) in [5, 5.41) is 0. The molecule has 64 valence electrons. The predicted molar refractivity (Wildman–Crippen MR) is 49.0 cm³/mol. The van der Waals surface area contributed by atoms with Crippen molar-refractivity contribution in [3.05, 3.63) is 29.6 Å². The molecule has 0 spiro atoms. The Balaban J connectivity index is 0. The number of nitrogen functional groups attached to an aromatic ring is 1. The molecule has 0 aromatic heterocycles. The van der Waals surface area contributed by atoms with Gasteiger partial charge in [0.25, 0.3) is 0 Å². The van der Waals surface area contributed by atoms with Crippen molar-refractivity contribution in [1.29, 1.82) is 0 Å². The molecule has 0 radical (unpaired) electrons. The highest BCUT2D eigenvalue weighted by molar-refractivity contribution is 5.39. The molecule has 0 amide bonds. The topological polar surface area (TPSA) is 26.0 Å². The summed E-state index contributed by atoms with van der Waals surface area (Å²) in [5.41, 5.74) is 6.39. The molecule has 0 fully saturated rings. The van der Waals surface area contributed by atoms with Crippen molar-refractivity contribution >= 4 is 5.69 Å². The maximum Gasteiger partial charge on any atom is 0.128 e. The summed E-state index contributed by atoms with van der Waals surface area (Å²) in [4.78, 5) is 0. The van der Waals surface area contributed by atoms with E-state index in [1.165, 1.54) is 6.07 Å². The number of hydrogen-bond acceptors (Lipinski definition) is 1. The molecule has 0 saturated carbocycles. The lowest BCUT2D eigenvalue weighted by Gasteiger charge is -1.94. The zero-order chi connectivity index (χ0) is 8.85. The van der Waals surface area contributed by atoms with Gasteiger partial charge in [-0.25, -0.2) is 4.39 Å². The van der Waals surface area contributed by atoms with E-state index < -0.39 is 0 Å². The van der Waals surface area contributed by atoms with Crippen LogP contribution in [0, 0.1) is 12.7 Å². The Kier molecular flexibility index (Phi) is 4.27. The van der Waals surface area contributed by atoms with Crippen molar-refractivity contribution in [3.63, 3.8) is 0 Å². The molecule has 0 bridgehead atoms. The Hall–Kier alpha value is -1.05. The number of nitrogens with two attached hydrogens (primary N) is 1. The normalized spacial score (nSPS) is 8.36. The molecule has 1 nitrogen and oxygen atoms in total.